The summed E-state index contributed by atoms with van der Waals surface area (Å²) in [6.45, 7) is 2.07. The van der Waals surface area contributed by atoms with Crippen LogP contribution in [-0.2, 0) is 6.42 Å². The Morgan fingerprint density at radius 3 is 2.61 bits per heavy atom. The highest BCUT2D eigenvalue weighted by atomic mass is 79.9. The predicted octanol–water partition coefficient (Wildman–Crippen LogP) is 2.90. The van der Waals surface area contributed by atoms with Crippen molar-refractivity contribution in [2.45, 2.75) is 19.4 Å². The second-order valence-electron chi connectivity index (χ2n) is 4.28. The third-order valence-corrected chi connectivity index (χ3v) is 3.54. The zero-order valence-electron chi connectivity index (χ0n) is 10.2. The Morgan fingerprint density at radius 1 is 1.28 bits per heavy atom. The zero-order valence-corrected chi connectivity index (χ0v) is 11.8. The third-order valence-electron chi connectivity index (χ3n) is 3.01. The minimum absolute atomic E-state index is 0.0832. The van der Waals surface area contributed by atoms with Gasteiger partial charge in [0.1, 0.15) is 0 Å². The number of hydrogen-bond donors (Lipinski definition) is 2. The number of nitrogens with one attached hydrogen (secondary N) is 1. The molecule has 0 saturated carbocycles. The summed E-state index contributed by atoms with van der Waals surface area (Å²) in [5.74, 6) is 5.66. The van der Waals surface area contributed by atoms with E-state index in [0.29, 0.717) is 0 Å². The molecule has 0 aliphatic carbocycles. The summed E-state index contributed by atoms with van der Waals surface area (Å²) < 4.78 is 1.08. The second kappa shape index (κ2) is 6.09. The van der Waals surface area contributed by atoms with E-state index in [-0.39, 0.29) is 6.04 Å². The molecule has 1 atom stereocenters. The first-order valence-electron chi connectivity index (χ1n) is 5.82. The molecule has 1 aromatic heterocycles. The molecular weight excluding hydrogens is 290 g/mol. The number of benzene rings is 1. The van der Waals surface area contributed by atoms with Crippen LogP contribution in [0.4, 0.5) is 0 Å². The maximum Gasteiger partial charge on any atom is 0.0518 e. The summed E-state index contributed by atoms with van der Waals surface area (Å²) in [6, 6.07) is 10.4. The van der Waals surface area contributed by atoms with Gasteiger partial charge in [-0.2, -0.15) is 0 Å². The third kappa shape index (κ3) is 3.16. The highest BCUT2D eigenvalue weighted by molar-refractivity contribution is 9.10. The molecule has 0 saturated heterocycles. The first kappa shape index (κ1) is 13.2. The number of aryl methyl sites for hydroxylation is 1. The van der Waals surface area contributed by atoms with Crippen LogP contribution in [-0.4, -0.2) is 4.98 Å². The molecule has 4 heteroatoms. The number of rotatable bonds is 4. The Kier molecular flexibility index (Phi) is 4.47. The number of pyridine rings is 1. The van der Waals surface area contributed by atoms with Gasteiger partial charge in [0.2, 0.25) is 0 Å². The van der Waals surface area contributed by atoms with E-state index in [1.807, 2.05) is 24.4 Å². The van der Waals surface area contributed by atoms with Gasteiger partial charge in [-0.25, -0.2) is 0 Å². The molecule has 3 nitrogen and oxygen atoms in total. The lowest BCUT2D eigenvalue weighted by atomic mass is 9.98. The Bertz CT molecular complexity index is 511. The topological polar surface area (TPSA) is 50.9 Å². The first-order chi connectivity index (χ1) is 8.70. The van der Waals surface area contributed by atoms with E-state index in [2.05, 4.69) is 45.4 Å². The van der Waals surface area contributed by atoms with Crippen LogP contribution >= 0.6 is 15.9 Å². The number of halogens is 1. The van der Waals surface area contributed by atoms with Crippen molar-refractivity contribution in [3.8, 4) is 0 Å². The van der Waals surface area contributed by atoms with Gasteiger partial charge < -0.3 is 0 Å². The van der Waals surface area contributed by atoms with Crippen molar-refractivity contribution in [2.24, 2.45) is 5.84 Å². The largest absolute Gasteiger partial charge is 0.271 e. The van der Waals surface area contributed by atoms with Crippen molar-refractivity contribution >= 4 is 15.9 Å². The van der Waals surface area contributed by atoms with Crippen LogP contribution in [0.1, 0.15) is 22.7 Å². The number of hydrazine groups is 1. The molecular formula is C14H16BrN3. The standard InChI is InChI=1S/C14H16BrN3/c1-10-6-7-17-9-13(10)14(18-16)8-11-2-4-12(15)5-3-11/h2-7,9,14,18H,8,16H2,1H3. The average Bonchev–Trinajstić information content (AvgIpc) is 2.39. The Balaban J connectivity index is 2.20. The van der Waals surface area contributed by atoms with E-state index in [0.717, 1.165) is 16.5 Å². The van der Waals surface area contributed by atoms with Crippen molar-refractivity contribution in [3.63, 3.8) is 0 Å². The van der Waals surface area contributed by atoms with Gasteiger partial charge in [-0.1, -0.05) is 28.1 Å². The first-order valence-corrected chi connectivity index (χ1v) is 6.61. The van der Waals surface area contributed by atoms with Crippen LogP contribution in [0.3, 0.4) is 0 Å². The van der Waals surface area contributed by atoms with E-state index >= 15 is 0 Å². The summed E-state index contributed by atoms with van der Waals surface area (Å²) in [5.41, 5.74) is 6.45. The van der Waals surface area contributed by atoms with Crippen molar-refractivity contribution in [1.29, 1.82) is 0 Å². The Labute approximate surface area is 116 Å². The second-order valence-corrected chi connectivity index (χ2v) is 5.20. The summed E-state index contributed by atoms with van der Waals surface area (Å²) in [7, 11) is 0. The quantitative estimate of drug-likeness (QED) is 0.674. The van der Waals surface area contributed by atoms with Crippen molar-refractivity contribution < 1.29 is 0 Å². The van der Waals surface area contributed by atoms with Crippen LogP contribution in [0.2, 0.25) is 0 Å². The molecule has 0 aliphatic rings. The highest BCUT2D eigenvalue weighted by Crippen LogP contribution is 2.21. The SMILES string of the molecule is Cc1ccncc1C(Cc1ccc(Br)cc1)NN. The lowest BCUT2D eigenvalue weighted by Crippen LogP contribution is -2.30. The van der Waals surface area contributed by atoms with Gasteiger partial charge in [0, 0.05) is 16.9 Å². The number of hydrogen-bond acceptors (Lipinski definition) is 3. The molecule has 1 heterocycles. The fourth-order valence-electron chi connectivity index (χ4n) is 1.96. The average molecular weight is 306 g/mol. The number of nitrogens with zero attached hydrogens (tertiary/aromatic N) is 1. The van der Waals surface area contributed by atoms with Gasteiger partial charge in [0.05, 0.1) is 6.04 Å². The molecule has 2 aromatic rings. The van der Waals surface area contributed by atoms with Gasteiger partial charge in [0.25, 0.3) is 0 Å². The van der Waals surface area contributed by atoms with Crippen LogP contribution in [0.15, 0.2) is 47.2 Å². The molecule has 0 spiro atoms. The van der Waals surface area contributed by atoms with Crippen molar-refractivity contribution in [1.82, 2.24) is 10.4 Å². The van der Waals surface area contributed by atoms with Gasteiger partial charge in [-0.05, 0) is 48.2 Å². The number of nitrogens with two attached hydrogens (primary N) is 1. The summed E-state index contributed by atoms with van der Waals surface area (Å²) in [6.07, 6.45) is 4.51. The monoisotopic (exact) mass is 305 g/mol. The molecule has 0 bridgehead atoms. The van der Waals surface area contributed by atoms with Crippen LogP contribution < -0.4 is 11.3 Å². The lowest BCUT2D eigenvalue weighted by molar-refractivity contribution is 0.547. The van der Waals surface area contributed by atoms with E-state index in [1.165, 1.54) is 11.1 Å². The molecule has 18 heavy (non-hydrogen) atoms. The Hall–Kier alpha value is -1.23. The van der Waals surface area contributed by atoms with Gasteiger partial charge in [-0.15, -0.1) is 0 Å². The summed E-state index contributed by atoms with van der Waals surface area (Å²) in [5, 5.41) is 0. The molecule has 94 valence electrons. The Morgan fingerprint density at radius 2 is 2.00 bits per heavy atom. The van der Waals surface area contributed by atoms with Crippen molar-refractivity contribution in [2.75, 3.05) is 0 Å². The maximum absolute atomic E-state index is 5.66. The van der Waals surface area contributed by atoms with Crippen LogP contribution in [0, 0.1) is 6.92 Å². The molecule has 0 aliphatic heterocycles. The normalized spacial score (nSPS) is 12.4. The van der Waals surface area contributed by atoms with Crippen LogP contribution in [0.5, 0.6) is 0 Å². The van der Waals surface area contributed by atoms with E-state index in [4.69, 9.17) is 5.84 Å². The fourth-order valence-corrected chi connectivity index (χ4v) is 2.22. The van der Waals surface area contributed by atoms with Crippen molar-refractivity contribution in [3.05, 3.63) is 63.9 Å². The van der Waals surface area contributed by atoms with Gasteiger partial charge in [-0.3, -0.25) is 16.3 Å². The molecule has 0 amide bonds. The number of aromatic nitrogens is 1. The zero-order chi connectivity index (χ0) is 13.0. The summed E-state index contributed by atoms with van der Waals surface area (Å²) in [4.78, 5) is 4.17. The summed E-state index contributed by atoms with van der Waals surface area (Å²) >= 11 is 3.43. The molecule has 0 radical (unpaired) electrons. The van der Waals surface area contributed by atoms with E-state index in [9.17, 15) is 0 Å². The highest BCUT2D eigenvalue weighted by Gasteiger charge is 2.12. The fraction of sp³-hybridized carbons (Fsp3) is 0.214. The molecule has 2 rings (SSSR count). The lowest BCUT2D eigenvalue weighted by Gasteiger charge is -2.18. The predicted molar refractivity (Wildman–Crippen MR) is 76.9 cm³/mol. The molecule has 1 aromatic carbocycles. The van der Waals surface area contributed by atoms with Gasteiger partial charge >= 0.3 is 0 Å². The van der Waals surface area contributed by atoms with E-state index < -0.39 is 0 Å². The minimum atomic E-state index is 0.0832. The van der Waals surface area contributed by atoms with Crippen LogP contribution in [0.25, 0.3) is 0 Å². The molecule has 1 unspecified atom stereocenters. The van der Waals surface area contributed by atoms with Gasteiger partial charge in [0.15, 0.2) is 0 Å². The minimum Gasteiger partial charge on any atom is -0.271 e. The molecule has 3 N–H and O–H groups in total. The smallest absolute Gasteiger partial charge is 0.0518 e. The molecule has 0 fully saturated rings. The maximum atomic E-state index is 5.66. The van der Waals surface area contributed by atoms with E-state index in [1.54, 1.807) is 6.20 Å².